The van der Waals surface area contributed by atoms with Gasteiger partial charge in [-0.25, -0.2) is 13.2 Å². The van der Waals surface area contributed by atoms with Gasteiger partial charge in [-0.1, -0.05) is 12.1 Å². The van der Waals surface area contributed by atoms with Gasteiger partial charge in [0.15, 0.2) is 6.10 Å². The van der Waals surface area contributed by atoms with Gasteiger partial charge in [0, 0.05) is 6.07 Å². The van der Waals surface area contributed by atoms with Crippen molar-refractivity contribution in [2.24, 2.45) is 0 Å². The number of halogens is 3. The molecule has 0 fully saturated rings. The van der Waals surface area contributed by atoms with Gasteiger partial charge in [0.25, 0.3) is 5.91 Å². The van der Waals surface area contributed by atoms with E-state index in [1.807, 2.05) is 0 Å². The van der Waals surface area contributed by atoms with E-state index in [9.17, 15) is 18.0 Å². The highest BCUT2D eigenvalue weighted by Crippen LogP contribution is 2.19. The number of para-hydroxylation sites is 1. The van der Waals surface area contributed by atoms with Crippen molar-refractivity contribution in [3.8, 4) is 5.75 Å². The number of benzene rings is 2. The van der Waals surface area contributed by atoms with Crippen molar-refractivity contribution in [1.29, 1.82) is 0 Å². The molecular weight excluding hydrogens is 283 g/mol. The van der Waals surface area contributed by atoms with Gasteiger partial charge >= 0.3 is 0 Å². The normalized spacial score (nSPS) is 11.8. The van der Waals surface area contributed by atoms with Crippen molar-refractivity contribution in [2.45, 2.75) is 13.0 Å². The molecule has 0 aliphatic rings. The van der Waals surface area contributed by atoms with Crippen LogP contribution in [0.1, 0.15) is 6.92 Å². The fourth-order valence-electron chi connectivity index (χ4n) is 1.64. The second kappa shape index (κ2) is 6.30. The third-order valence-electron chi connectivity index (χ3n) is 2.69. The fraction of sp³-hybridized carbons (Fsp3) is 0.133. The molecule has 0 saturated carbocycles. The molecule has 1 unspecified atom stereocenters. The second-order valence-electron chi connectivity index (χ2n) is 4.30. The Morgan fingerprint density at radius 3 is 2.33 bits per heavy atom. The molecule has 110 valence electrons. The number of ether oxygens (including phenoxy) is 1. The molecule has 2 rings (SSSR count). The van der Waals surface area contributed by atoms with Crippen molar-refractivity contribution in [3.63, 3.8) is 0 Å². The van der Waals surface area contributed by atoms with Gasteiger partial charge < -0.3 is 10.1 Å². The van der Waals surface area contributed by atoms with E-state index < -0.39 is 35.2 Å². The summed E-state index contributed by atoms with van der Waals surface area (Å²) in [6, 6.07) is 8.46. The quantitative estimate of drug-likeness (QED) is 0.937. The molecule has 21 heavy (non-hydrogen) atoms. The predicted octanol–water partition coefficient (Wildman–Crippen LogP) is 3.51. The number of carbonyl (C=O) groups excluding carboxylic acids is 1. The van der Waals surface area contributed by atoms with Gasteiger partial charge in [-0.3, -0.25) is 4.79 Å². The lowest BCUT2D eigenvalue weighted by Gasteiger charge is -2.15. The van der Waals surface area contributed by atoms with E-state index in [0.717, 1.165) is 18.2 Å². The van der Waals surface area contributed by atoms with E-state index >= 15 is 0 Å². The topological polar surface area (TPSA) is 38.3 Å². The first-order chi connectivity index (χ1) is 9.97. The van der Waals surface area contributed by atoms with Crippen LogP contribution in [0, 0.1) is 17.5 Å². The fourth-order valence-corrected chi connectivity index (χ4v) is 1.64. The number of amides is 1. The molecule has 3 nitrogen and oxygen atoms in total. The summed E-state index contributed by atoms with van der Waals surface area (Å²) in [4.78, 5) is 11.8. The van der Waals surface area contributed by atoms with Crippen molar-refractivity contribution in [3.05, 3.63) is 59.9 Å². The molecule has 0 bridgehead atoms. The monoisotopic (exact) mass is 295 g/mol. The summed E-state index contributed by atoms with van der Waals surface area (Å²) in [6.45, 7) is 1.39. The highest BCUT2D eigenvalue weighted by atomic mass is 19.1. The molecule has 0 aromatic heterocycles. The SMILES string of the molecule is CC(Oc1cccc(F)c1)C(=O)Nc1c(F)cccc1F. The molecule has 1 N–H and O–H groups in total. The minimum absolute atomic E-state index is 0.145. The predicted molar refractivity (Wildman–Crippen MR) is 71.5 cm³/mol. The Balaban J connectivity index is 2.06. The van der Waals surface area contributed by atoms with E-state index in [1.165, 1.54) is 31.2 Å². The minimum atomic E-state index is -1.05. The van der Waals surface area contributed by atoms with E-state index in [4.69, 9.17) is 4.74 Å². The van der Waals surface area contributed by atoms with Gasteiger partial charge in [0.1, 0.15) is 28.9 Å². The van der Waals surface area contributed by atoms with Crippen molar-refractivity contribution < 1.29 is 22.7 Å². The van der Waals surface area contributed by atoms with Crippen LogP contribution in [-0.2, 0) is 4.79 Å². The molecule has 0 saturated heterocycles. The maximum Gasteiger partial charge on any atom is 0.265 e. The average Bonchev–Trinajstić information content (AvgIpc) is 2.43. The Kier molecular flexibility index (Phi) is 4.47. The Labute approximate surface area is 119 Å². The number of hydrogen-bond donors (Lipinski definition) is 1. The Hall–Kier alpha value is -2.50. The van der Waals surface area contributed by atoms with Crippen LogP contribution in [0.3, 0.4) is 0 Å². The van der Waals surface area contributed by atoms with Gasteiger partial charge in [-0.2, -0.15) is 0 Å². The summed E-state index contributed by atoms with van der Waals surface area (Å²) < 4.78 is 45.0. The summed E-state index contributed by atoms with van der Waals surface area (Å²) in [5, 5.41) is 2.11. The maximum atomic E-state index is 13.4. The van der Waals surface area contributed by atoms with Crippen LogP contribution in [0.2, 0.25) is 0 Å². The smallest absolute Gasteiger partial charge is 0.265 e. The molecule has 1 atom stereocenters. The third kappa shape index (κ3) is 3.75. The summed E-state index contributed by atoms with van der Waals surface area (Å²) in [5.41, 5.74) is -0.544. The van der Waals surface area contributed by atoms with E-state index in [-0.39, 0.29) is 5.75 Å². The highest BCUT2D eigenvalue weighted by Gasteiger charge is 2.18. The largest absolute Gasteiger partial charge is 0.481 e. The van der Waals surface area contributed by atoms with E-state index in [1.54, 1.807) is 0 Å². The lowest BCUT2D eigenvalue weighted by Crippen LogP contribution is -2.30. The van der Waals surface area contributed by atoms with Gasteiger partial charge in [-0.15, -0.1) is 0 Å². The lowest BCUT2D eigenvalue weighted by atomic mass is 10.2. The summed E-state index contributed by atoms with van der Waals surface area (Å²) in [6.07, 6.45) is -1.05. The van der Waals surface area contributed by atoms with Crippen LogP contribution in [-0.4, -0.2) is 12.0 Å². The van der Waals surface area contributed by atoms with Gasteiger partial charge in [-0.05, 0) is 31.2 Å². The number of carbonyl (C=O) groups is 1. The van der Waals surface area contributed by atoms with Crippen molar-refractivity contribution in [2.75, 3.05) is 5.32 Å². The van der Waals surface area contributed by atoms with Crippen molar-refractivity contribution in [1.82, 2.24) is 0 Å². The zero-order chi connectivity index (χ0) is 15.4. The Morgan fingerprint density at radius 2 is 1.71 bits per heavy atom. The highest BCUT2D eigenvalue weighted by molar-refractivity contribution is 5.94. The molecule has 2 aromatic rings. The van der Waals surface area contributed by atoms with Gasteiger partial charge in [0.2, 0.25) is 0 Å². The molecule has 6 heteroatoms. The molecule has 0 aliphatic carbocycles. The first-order valence-corrected chi connectivity index (χ1v) is 6.14. The van der Waals surface area contributed by atoms with Crippen LogP contribution < -0.4 is 10.1 Å². The number of nitrogens with one attached hydrogen (secondary N) is 1. The summed E-state index contributed by atoms with van der Waals surface area (Å²) >= 11 is 0. The average molecular weight is 295 g/mol. The zero-order valence-corrected chi connectivity index (χ0v) is 11.1. The Bertz CT molecular complexity index is 641. The molecule has 1 amide bonds. The molecule has 0 spiro atoms. The Morgan fingerprint density at radius 1 is 1.10 bits per heavy atom. The molecule has 2 aromatic carbocycles. The molecular formula is C15H12F3NO2. The number of hydrogen-bond acceptors (Lipinski definition) is 2. The number of rotatable bonds is 4. The summed E-state index contributed by atoms with van der Waals surface area (Å²) in [7, 11) is 0. The first kappa shape index (κ1) is 14.9. The van der Waals surface area contributed by atoms with Crippen LogP contribution in [0.5, 0.6) is 5.75 Å². The van der Waals surface area contributed by atoms with Crippen LogP contribution >= 0.6 is 0 Å². The molecule has 0 heterocycles. The second-order valence-corrected chi connectivity index (χ2v) is 4.30. The molecule has 0 radical (unpaired) electrons. The van der Waals surface area contributed by atoms with E-state index in [2.05, 4.69) is 5.32 Å². The first-order valence-electron chi connectivity index (χ1n) is 6.14. The lowest BCUT2D eigenvalue weighted by molar-refractivity contribution is -0.122. The third-order valence-corrected chi connectivity index (χ3v) is 2.69. The van der Waals surface area contributed by atoms with Crippen LogP contribution in [0.25, 0.3) is 0 Å². The number of anilines is 1. The zero-order valence-electron chi connectivity index (χ0n) is 11.1. The van der Waals surface area contributed by atoms with Crippen LogP contribution in [0.4, 0.5) is 18.9 Å². The van der Waals surface area contributed by atoms with Gasteiger partial charge in [0.05, 0.1) is 0 Å². The summed E-state index contributed by atoms with van der Waals surface area (Å²) in [5.74, 6) is -2.89. The van der Waals surface area contributed by atoms with Crippen LogP contribution in [0.15, 0.2) is 42.5 Å². The van der Waals surface area contributed by atoms with E-state index in [0.29, 0.717) is 0 Å². The minimum Gasteiger partial charge on any atom is -0.481 e. The van der Waals surface area contributed by atoms with Crippen molar-refractivity contribution >= 4 is 11.6 Å². The standard InChI is InChI=1S/C15H12F3NO2/c1-9(21-11-5-2-4-10(16)8-11)15(20)19-14-12(17)6-3-7-13(14)18/h2-9H,1H3,(H,19,20). The maximum absolute atomic E-state index is 13.4. The molecule has 0 aliphatic heterocycles.